The standard InChI is InChI=1S/C12H25N3O/c1-3-8-15(11(14)16)12(9-13)6-4-10(2)5-7-12/h10H,3-9,13H2,1-2H3,(H2,14,16). The van der Waals surface area contributed by atoms with Crippen molar-refractivity contribution in [3.63, 3.8) is 0 Å². The first kappa shape index (κ1) is 13.3. The summed E-state index contributed by atoms with van der Waals surface area (Å²) in [7, 11) is 0. The molecule has 2 amide bonds. The van der Waals surface area contributed by atoms with Gasteiger partial charge in [-0.05, 0) is 38.0 Å². The predicted octanol–water partition coefficient (Wildman–Crippen LogP) is 1.68. The maximum Gasteiger partial charge on any atom is 0.315 e. The van der Waals surface area contributed by atoms with E-state index in [0.717, 1.165) is 44.6 Å². The van der Waals surface area contributed by atoms with Crippen molar-refractivity contribution in [2.75, 3.05) is 13.1 Å². The van der Waals surface area contributed by atoms with Crippen molar-refractivity contribution in [2.45, 2.75) is 51.5 Å². The monoisotopic (exact) mass is 227 g/mol. The van der Waals surface area contributed by atoms with Crippen LogP contribution in [-0.4, -0.2) is 29.6 Å². The highest BCUT2D eigenvalue weighted by atomic mass is 16.2. The summed E-state index contributed by atoms with van der Waals surface area (Å²) in [5.74, 6) is 0.746. The molecule has 0 saturated heterocycles. The summed E-state index contributed by atoms with van der Waals surface area (Å²) >= 11 is 0. The second kappa shape index (κ2) is 5.53. The Balaban J connectivity index is 2.79. The SMILES string of the molecule is CCCN(C(N)=O)C1(CN)CCC(C)CC1. The third-order valence-electron chi connectivity index (χ3n) is 3.87. The number of hydrogen-bond donors (Lipinski definition) is 2. The Bertz CT molecular complexity index is 234. The van der Waals surface area contributed by atoms with Crippen molar-refractivity contribution in [2.24, 2.45) is 17.4 Å². The number of rotatable bonds is 4. The Kier molecular flexibility index (Phi) is 4.59. The molecule has 0 radical (unpaired) electrons. The van der Waals surface area contributed by atoms with Crippen LogP contribution >= 0.6 is 0 Å². The number of hydrogen-bond acceptors (Lipinski definition) is 2. The van der Waals surface area contributed by atoms with E-state index >= 15 is 0 Å². The Morgan fingerprint density at radius 3 is 2.38 bits per heavy atom. The molecule has 4 nitrogen and oxygen atoms in total. The van der Waals surface area contributed by atoms with Crippen LogP contribution in [0.5, 0.6) is 0 Å². The average Bonchev–Trinajstić information content (AvgIpc) is 2.28. The van der Waals surface area contributed by atoms with Crippen LogP contribution in [0, 0.1) is 5.92 Å². The predicted molar refractivity (Wildman–Crippen MR) is 66.0 cm³/mol. The molecule has 0 atom stereocenters. The molecule has 0 spiro atoms. The van der Waals surface area contributed by atoms with Crippen molar-refractivity contribution in [1.29, 1.82) is 0 Å². The zero-order valence-corrected chi connectivity index (χ0v) is 10.5. The molecule has 94 valence electrons. The molecule has 1 aliphatic rings. The highest BCUT2D eigenvalue weighted by molar-refractivity contribution is 5.73. The smallest absolute Gasteiger partial charge is 0.315 e. The van der Waals surface area contributed by atoms with Crippen LogP contribution in [0.4, 0.5) is 4.79 Å². The van der Waals surface area contributed by atoms with E-state index < -0.39 is 0 Å². The van der Waals surface area contributed by atoms with Crippen molar-refractivity contribution in [1.82, 2.24) is 4.90 Å². The van der Waals surface area contributed by atoms with Crippen molar-refractivity contribution in [3.8, 4) is 0 Å². The van der Waals surface area contributed by atoms with Crippen LogP contribution in [0.2, 0.25) is 0 Å². The molecule has 0 aliphatic heterocycles. The van der Waals surface area contributed by atoms with Gasteiger partial charge >= 0.3 is 6.03 Å². The van der Waals surface area contributed by atoms with E-state index in [2.05, 4.69) is 13.8 Å². The lowest BCUT2D eigenvalue weighted by Gasteiger charge is -2.46. The van der Waals surface area contributed by atoms with E-state index in [1.54, 1.807) is 4.90 Å². The van der Waals surface area contributed by atoms with Crippen LogP contribution in [0.1, 0.15) is 46.0 Å². The van der Waals surface area contributed by atoms with E-state index in [0.29, 0.717) is 6.54 Å². The molecule has 1 aliphatic carbocycles. The van der Waals surface area contributed by atoms with Crippen molar-refractivity contribution in [3.05, 3.63) is 0 Å². The summed E-state index contributed by atoms with van der Waals surface area (Å²) in [6, 6.07) is -0.318. The second-order valence-corrected chi connectivity index (χ2v) is 5.10. The van der Waals surface area contributed by atoms with Gasteiger partial charge in [0, 0.05) is 13.1 Å². The maximum absolute atomic E-state index is 11.5. The fraction of sp³-hybridized carbons (Fsp3) is 0.917. The van der Waals surface area contributed by atoms with E-state index in [1.807, 2.05) is 0 Å². The Morgan fingerprint density at radius 2 is 2.00 bits per heavy atom. The van der Waals surface area contributed by atoms with Gasteiger partial charge in [-0.1, -0.05) is 13.8 Å². The minimum atomic E-state index is -0.318. The first-order valence-electron chi connectivity index (χ1n) is 6.33. The summed E-state index contributed by atoms with van der Waals surface area (Å²) in [5, 5.41) is 0. The van der Waals surface area contributed by atoms with Gasteiger partial charge in [0.2, 0.25) is 0 Å². The minimum absolute atomic E-state index is 0.172. The van der Waals surface area contributed by atoms with Gasteiger partial charge in [-0.15, -0.1) is 0 Å². The molecule has 0 unspecified atom stereocenters. The van der Waals surface area contributed by atoms with Gasteiger partial charge in [0.1, 0.15) is 0 Å². The lowest BCUT2D eigenvalue weighted by Crippen LogP contribution is -2.59. The molecule has 0 aromatic heterocycles. The molecule has 1 fully saturated rings. The molecule has 1 rings (SSSR count). The summed E-state index contributed by atoms with van der Waals surface area (Å²) in [5.41, 5.74) is 11.2. The zero-order valence-electron chi connectivity index (χ0n) is 10.5. The molecule has 4 heteroatoms. The molecular formula is C12H25N3O. The van der Waals surface area contributed by atoms with E-state index in [9.17, 15) is 4.79 Å². The number of carbonyl (C=O) groups excluding carboxylic acids is 1. The molecule has 0 aromatic rings. The van der Waals surface area contributed by atoms with E-state index in [1.165, 1.54) is 0 Å². The summed E-state index contributed by atoms with van der Waals surface area (Å²) in [6.45, 7) is 5.57. The lowest BCUT2D eigenvalue weighted by atomic mass is 9.76. The third-order valence-corrected chi connectivity index (χ3v) is 3.87. The Labute approximate surface area is 98.3 Å². The fourth-order valence-electron chi connectivity index (χ4n) is 2.69. The van der Waals surface area contributed by atoms with Crippen LogP contribution in [0.15, 0.2) is 0 Å². The summed E-state index contributed by atoms with van der Waals surface area (Å²) in [4.78, 5) is 13.3. The first-order valence-corrected chi connectivity index (χ1v) is 6.33. The van der Waals surface area contributed by atoms with Gasteiger partial charge < -0.3 is 16.4 Å². The van der Waals surface area contributed by atoms with Gasteiger partial charge in [0.15, 0.2) is 0 Å². The summed E-state index contributed by atoms with van der Waals surface area (Å²) < 4.78 is 0. The van der Waals surface area contributed by atoms with Gasteiger partial charge in [-0.2, -0.15) is 0 Å². The number of amides is 2. The van der Waals surface area contributed by atoms with Gasteiger partial charge in [-0.3, -0.25) is 0 Å². The number of urea groups is 1. The first-order chi connectivity index (χ1) is 7.55. The molecule has 0 bridgehead atoms. The fourth-order valence-corrected chi connectivity index (χ4v) is 2.69. The second-order valence-electron chi connectivity index (χ2n) is 5.10. The number of carbonyl (C=O) groups is 1. The van der Waals surface area contributed by atoms with Crippen molar-refractivity contribution < 1.29 is 4.79 Å². The zero-order chi connectivity index (χ0) is 12.2. The lowest BCUT2D eigenvalue weighted by molar-refractivity contribution is 0.0755. The molecule has 1 saturated carbocycles. The molecule has 16 heavy (non-hydrogen) atoms. The Hall–Kier alpha value is -0.770. The number of nitrogens with zero attached hydrogens (tertiary/aromatic N) is 1. The quantitative estimate of drug-likeness (QED) is 0.767. The normalized spacial score (nSPS) is 30.1. The van der Waals surface area contributed by atoms with Crippen LogP contribution in [0.25, 0.3) is 0 Å². The average molecular weight is 227 g/mol. The minimum Gasteiger partial charge on any atom is -0.351 e. The van der Waals surface area contributed by atoms with Crippen LogP contribution < -0.4 is 11.5 Å². The number of nitrogens with two attached hydrogens (primary N) is 2. The molecular weight excluding hydrogens is 202 g/mol. The highest BCUT2D eigenvalue weighted by Crippen LogP contribution is 2.35. The van der Waals surface area contributed by atoms with E-state index in [-0.39, 0.29) is 11.6 Å². The maximum atomic E-state index is 11.5. The summed E-state index contributed by atoms with van der Waals surface area (Å²) in [6.07, 6.45) is 5.21. The molecule has 0 heterocycles. The van der Waals surface area contributed by atoms with Gasteiger partial charge in [0.05, 0.1) is 5.54 Å². The van der Waals surface area contributed by atoms with Gasteiger partial charge in [-0.25, -0.2) is 4.79 Å². The highest BCUT2D eigenvalue weighted by Gasteiger charge is 2.39. The topological polar surface area (TPSA) is 72.3 Å². The van der Waals surface area contributed by atoms with E-state index in [4.69, 9.17) is 11.5 Å². The third kappa shape index (κ3) is 2.67. The van der Waals surface area contributed by atoms with Crippen LogP contribution in [0.3, 0.4) is 0 Å². The molecule has 0 aromatic carbocycles. The molecule has 4 N–H and O–H groups in total. The largest absolute Gasteiger partial charge is 0.351 e. The number of primary amides is 1. The Morgan fingerprint density at radius 1 is 1.44 bits per heavy atom. The van der Waals surface area contributed by atoms with Crippen molar-refractivity contribution >= 4 is 6.03 Å². The van der Waals surface area contributed by atoms with Crippen LogP contribution in [-0.2, 0) is 0 Å². The van der Waals surface area contributed by atoms with Gasteiger partial charge in [0.25, 0.3) is 0 Å².